The van der Waals surface area contributed by atoms with Gasteiger partial charge in [0.2, 0.25) is 0 Å². The number of hydrogen-bond acceptors (Lipinski definition) is 0. The molecule has 0 heterocycles. The molecule has 0 saturated carbocycles. The van der Waals surface area contributed by atoms with Gasteiger partial charge in [0.05, 0.1) is 0 Å². The molecule has 0 nitrogen and oxygen atoms in total. The van der Waals surface area contributed by atoms with Crippen molar-refractivity contribution in [2.24, 2.45) is 0 Å². The van der Waals surface area contributed by atoms with Crippen LogP contribution < -0.4 is 0 Å². The lowest BCUT2D eigenvalue weighted by atomic mass is 9.68. The van der Waals surface area contributed by atoms with E-state index < -0.39 is 11.6 Å². The number of alkyl halides is 1. The molecule has 1 atom stereocenters. The van der Waals surface area contributed by atoms with Crippen LogP contribution in [0.1, 0.15) is 29.5 Å². The monoisotopic (exact) mass is 306 g/mol. The van der Waals surface area contributed by atoms with Crippen molar-refractivity contribution in [1.29, 1.82) is 0 Å². The first-order valence-corrected chi connectivity index (χ1v) is 7.77. The third-order valence-electron chi connectivity index (χ3n) is 4.51. The quantitative estimate of drug-likeness (QED) is 0.698. The molecule has 21 heavy (non-hydrogen) atoms. The van der Waals surface area contributed by atoms with Gasteiger partial charge >= 0.3 is 0 Å². The van der Waals surface area contributed by atoms with E-state index in [1.165, 1.54) is 11.1 Å². The second kappa shape index (κ2) is 5.76. The van der Waals surface area contributed by atoms with Crippen molar-refractivity contribution in [3.05, 3.63) is 70.8 Å². The van der Waals surface area contributed by atoms with Gasteiger partial charge in [0.1, 0.15) is 0 Å². The maximum atomic E-state index is 14.0. The lowest BCUT2D eigenvalue weighted by Crippen LogP contribution is -2.35. The lowest BCUT2D eigenvalue weighted by Gasteiger charge is -2.38. The van der Waals surface area contributed by atoms with Crippen LogP contribution in [0.5, 0.6) is 0 Å². The molecule has 1 unspecified atom stereocenters. The molecule has 0 radical (unpaired) electrons. The Morgan fingerprint density at radius 2 is 1.86 bits per heavy atom. The lowest BCUT2D eigenvalue weighted by molar-refractivity contribution is 0.386. The van der Waals surface area contributed by atoms with Crippen LogP contribution >= 0.6 is 11.6 Å². The van der Waals surface area contributed by atoms with Crippen molar-refractivity contribution in [2.45, 2.75) is 31.1 Å². The van der Waals surface area contributed by atoms with Gasteiger partial charge < -0.3 is 0 Å². The van der Waals surface area contributed by atoms with Crippen LogP contribution in [0.2, 0.25) is 0 Å². The molecule has 0 aliphatic heterocycles. The van der Waals surface area contributed by atoms with Gasteiger partial charge in [-0.05, 0) is 48.4 Å². The van der Waals surface area contributed by atoms with Crippen LogP contribution in [-0.4, -0.2) is 5.88 Å². The second-order valence-electron chi connectivity index (χ2n) is 5.81. The fraction of sp³-hybridized carbons (Fsp3) is 0.333. The molecule has 1 aliphatic carbocycles. The van der Waals surface area contributed by atoms with Crippen LogP contribution in [0, 0.1) is 11.6 Å². The van der Waals surface area contributed by atoms with E-state index in [0.29, 0.717) is 17.9 Å². The standard InChI is InChI=1S/C18H17ClF2/c19-12-18(11-14-6-3-9-16(20)17(14)21)10-4-7-13-5-1-2-8-15(13)18/h1-3,5-6,8-9H,4,7,10-12H2. The molecule has 0 spiro atoms. The van der Waals surface area contributed by atoms with E-state index in [1.54, 1.807) is 12.1 Å². The zero-order valence-corrected chi connectivity index (χ0v) is 12.5. The maximum absolute atomic E-state index is 14.0. The summed E-state index contributed by atoms with van der Waals surface area (Å²) >= 11 is 6.29. The predicted octanol–water partition coefficient (Wildman–Crippen LogP) is 5.02. The zero-order valence-electron chi connectivity index (χ0n) is 11.7. The maximum Gasteiger partial charge on any atom is 0.162 e. The van der Waals surface area contributed by atoms with E-state index in [-0.39, 0.29) is 5.41 Å². The number of fused-ring (bicyclic) bond motifs is 1. The van der Waals surface area contributed by atoms with E-state index in [0.717, 1.165) is 25.3 Å². The molecule has 0 aromatic heterocycles. The molecule has 0 bridgehead atoms. The minimum atomic E-state index is -0.790. The van der Waals surface area contributed by atoms with Crippen molar-refractivity contribution >= 4 is 11.6 Å². The summed E-state index contributed by atoms with van der Waals surface area (Å²) < 4.78 is 27.5. The molecule has 110 valence electrons. The van der Waals surface area contributed by atoms with Crippen molar-refractivity contribution in [3.63, 3.8) is 0 Å². The summed E-state index contributed by atoms with van der Waals surface area (Å²) in [5, 5.41) is 0. The molecule has 2 aromatic carbocycles. The first-order valence-electron chi connectivity index (χ1n) is 7.23. The molecule has 3 heteroatoms. The van der Waals surface area contributed by atoms with Gasteiger partial charge in [0, 0.05) is 11.3 Å². The number of hydrogen-bond donors (Lipinski definition) is 0. The molecule has 1 aliphatic rings. The van der Waals surface area contributed by atoms with Crippen LogP contribution in [0.4, 0.5) is 8.78 Å². The minimum Gasteiger partial charge on any atom is -0.204 e. The van der Waals surface area contributed by atoms with Gasteiger partial charge in [-0.15, -0.1) is 11.6 Å². The topological polar surface area (TPSA) is 0 Å². The van der Waals surface area contributed by atoms with Crippen molar-refractivity contribution in [2.75, 3.05) is 5.88 Å². The highest BCUT2D eigenvalue weighted by Gasteiger charge is 2.36. The molecule has 0 N–H and O–H groups in total. The number of rotatable bonds is 3. The highest BCUT2D eigenvalue weighted by molar-refractivity contribution is 6.18. The summed E-state index contributed by atoms with van der Waals surface area (Å²) in [6.07, 6.45) is 3.40. The first-order chi connectivity index (χ1) is 10.2. The molecule has 0 fully saturated rings. The largest absolute Gasteiger partial charge is 0.204 e. The Hall–Kier alpha value is -1.41. The van der Waals surface area contributed by atoms with Gasteiger partial charge in [-0.3, -0.25) is 0 Å². The van der Waals surface area contributed by atoms with Gasteiger partial charge in [0.15, 0.2) is 11.6 Å². The summed E-state index contributed by atoms with van der Waals surface area (Å²) in [6, 6.07) is 12.6. The fourth-order valence-electron chi connectivity index (χ4n) is 3.43. The highest BCUT2D eigenvalue weighted by Crippen LogP contribution is 2.41. The summed E-state index contributed by atoms with van der Waals surface area (Å²) in [5.41, 5.74) is 2.58. The highest BCUT2D eigenvalue weighted by atomic mass is 35.5. The van der Waals surface area contributed by atoms with E-state index in [9.17, 15) is 8.78 Å². The van der Waals surface area contributed by atoms with Gasteiger partial charge in [-0.2, -0.15) is 0 Å². The van der Waals surface area contributed by atoms with Crippen LogP contribution in [0.3, 0.4) is 0 Å². The van der Waals surface area contributed by atoms with E-state index in [1.807, 2.05) is 12.1 Å². The first kappa shape index (κ1) is 14.5. The summed E-state index contributed by atoms with van der Waals surface area (Å²) in [5.74, 6) is -1.12. The molecule has 0 amide bonds. The average Bonchev–Trinajstić information content (AvgIpc) is 2.52. The van der Waals surface area contributed by atoms with Gasteiger partial charge in [0.25, 0.3) is 0 Å². The Labute approximate surface area is 128 Å². The third-order valence-corrected chi connectivity index (χ3v) is 5.02. The number of benzene rings is 2. The van der Waals surface area contributed by atoms with E-state index >= 15 is 0 Å². The molecule has 3 rings (SSSR count). The number of halogens is 3. The fourth-order valence-corrected chi connectivity index (χ4v) is 3.80. The minimum absolute atomic E-state index is 0.301. The van der Waals surface area contributed by atoms with Crippen molar-refractivity contribution in [3.8, 4) is 0 Å². The Balaban J connectivity index is 2.04. The van der Waals surface area contributed by atoms with Crippen molar-refractivity contribution < 1.29 is 8.78 Å². The Kier molecular flexibility index (Phi) is 3.99. The second-order valence-corrected chi connectivity index (χ2v) is 6.08. The molecule has 2 aromatic rings. The van der Waals surface area contributed by atoms with E-state index in [4.69, 9.17) is 11.6 Å². The van der Waals surface area contributed by atoms with Crippen molar-refractivity contribution in [1.82, 2.24) is 0 Å². The van der Waals surface area contributed by atoms with E-state index in [2.05, 4.69) is 12.1 Å². The zero-order chi connectivity index (χ0) is 14.9. The summed E-state index contributed by atoms with van der Waals surface area (Å²) in [4.78, 5) is 0. The Bertz CT molecular complexity index is 653. The summed E-state index contributed by atoms with van der Waals surface area (Å²) in [6.45, 7) is 0. The molecule has 0 saturated heterocycles. The van der Waals surface area contributed by atoms with Crippen LogP contribution in [0.25, 0.3) is 0 Å². The Morgan fingerprint density at radius 3 is 2.67 bits per heavy atom. The van der Waals surface area contributed by atoms with Crippen LogP contribution in [0.15, 0.2) is 42.5 Å². The smallest absolute Gasteiger partial charge is 0.162 e. The summed E-state index contributed by atoms with van der Waals surface area (Å²) in [7, 11) is 0. The van der Waals surface area contributed by atoms with Gasteiger partial charge in [-0.25, -0.2) is 8.78 Å². The Morgan fingerprint density at radius 1 is 1.05 bits per heavy atom. The predicted molar refractivity (Wildman–Crippen MR) is 81.8 cm³/mol. The average molecular weight is 307 g/mol. The number of aryl methyl sites for hydroxylation is 1. The molecular formula is C18H17ClF2. The SMILES string of the molecule is Fc1cccc(CC2(CCl)CCCc3ccccc32)c1F. The van der Waals surface area contributed by atoms with Crippen LogP contribution in [-0.2, 0) is 18.3 Å². The molecular weight excluding hydrogens is 290 g/mol. The van der Waals surface area contributed by atoms with Gasteiger partial charge in [-0.1, -0.05) is 36.4 Å². The third kappa shape index (κ3) is 2.57. The normalized spacial score (nSPS) is 21.1.